The van der Waals surface area contributed by atoms with Crippen LogP contribution >= 0.6 is 15.9 Å². The molecule has 1 aromatic heterocycles. The van der Waals surface area contributed by atoms with E-state index in [1.165, 1.54) is 12.8 Å². The Kier molecular flexibility index (Phi) is 5.17. The number of nitrogens with zero attached hydrogens (tertiary/aromatic N) is 3. The van der Waals surface area contributed by atoms with Crippen molar-refractivity contribution in [2.75, 3.05) is 13.1 Å². The maximum Gasteiger partial charge on any atom is 0.261 e. The molecule has 0 aliphatic carbocycles. The lowest BCUT2D eigenvalue weighted by molar-refractivity contribution is 0.124. The molecule has 0 saturated carbocycles. The molecule has 2 saturated heterocycles. The molecule has 2 fully saturated rings. The molecule has 2 aromatic rings. The fraction of sp³-hybridized carbons (Fsp3) is 0.600. The van der Waals surface area contributed by atoms with Gasteiger partial charge in [-0.1, -0.05) is 29.3 Å². The van der Waals surface area contributed by atoms with Crippen LogP contribution in [0.15, 0.2) is 27.5 Å². The minimum absolute atomic E-state index is 0.0769. The standard InChI is InChI=1S/C20H27BrN4O/c1-3-5-18(24-11-14-7-8-15(12-24)22-14)19-23-17-9-6-13(21)10-16(17)20(26)25(19)4-2/h6,9-10,14-15,18,22H,3-5,7-8,11-12H2,1-2H3. The third kappa shape index (κ3) is 3.23. The Hall–Kier alpha value is -1.24. The molecule has 26 heavy (non-hydrogen) atoms. The average molecular weight is 419 g/mol. The van der Waals surface area contributed by atoms with Gasteiger partial charge >= 0.3 is 0 Å². The van der Waals surface area contributed by atoms with Crippen LogP contribution < -0.4 is 10.9 Å². The van der Waals surface area contributed by atoms with Crippen molar-refractivity contribution in [1.82, 2.24) is 19.8 Å². The van der Waals surface area contributed by atoms with E-state index in [4.69, 9.17) is 4.98 Å². The molecule has 3 heterocycles. The number of hydrogen-bond donors (Lipinski definition) is 1. The van der Waals surface area contributed by atoms with Gasteiger partial charge in [-0.3, -0.25) is 14.3 Å². The van der Waals surface area contributed by atoms with Crippen LogP contribution in [0.5, 0.6) is 0 Å². The van der Waals surface area contributed by atoms with Crippen molar-refractivity contribution in [2.45, 2.75) is 64.2 Å². The normalized spacial score (nSPS) is 24.3. The Morgan fingerprint density at radius 3 is 2.65 bits per heavy atom. The van der Waals surface area contributed by atoms with Crippen molar-refractivity contribution in [3.63, 3.8) is 0 Å². The second-order valence-electron chi connectivity index (χ2n) is 7.58. The number of likely N-dealkylation sites (tertiary alicyclic amines) is 1. The highest BCUT2D eigenvalue weighted by Gasteiger charge is 2.36. The van der Waals surface area contributed by atoms with Gasteiger partial charge in [0.15, 0.2) is 0 Å². The van der Waals surface area contributed by atoms with Gasteiger partial charge in [-0.25, -0.2) is 4.98 Å². The van der Waals surface area contributed by atoms with Crippen LogP contribution in [-0.4, -0.2) is 39.6 Å². The van der Waals surface area contributed by atoms with Gasteiger partial charge in [0.2, 0.25) is 0 Å². The highest BCUT2D eigenvalue weighted by atomic mass is 79.9. The van der Waals surface area contributed by atoms with Crippen LogP contribution in [0.4, 0.5) is 0 Å². The SMILES string of the molecule is CCCC(c1nc2ccc(Br)cc2c(=O)n1CC)N1CC2CCC(C1)N2. The molecule has 5 nitrogen and oxygen atoms in total. The quantitative estimate of drug-likeness (QED) is 0.807. The molecule has 0 radical (unpaired) electrons. The van der Waals surface area contributed by atoms with Crippen LogP contribution in [0.25, 0.3) is 10.9 Å². The summed E-state index contributed by atoms with van der Waals surface area (Å²) in [6.07, 6.45) is 4.65. The number of piperazine rings is 1. The molecule has 3 unspecified atom stereocenters. The van der Waals surface area contributed by atoms with E-state index in [-0.39, 0.29) is 11.6 Å². The maximum absolute atomic E-state index is 13.1. The number of benzene rings is 1. The highest BCUT2D eigenvalue weighted by molar-refractivity contribution is 9.10. The summed E-state index contributed by atoms with van der Waals surface area (Å²) >= 11 is 3.48. The van der Waals surface area contributed by atoms with Crippen molar-refractivity contribution in [3.05, 3.63) is 38.9 Å². The van der Waals surface area contributed by atoms with Crippen molar-refractivity contribution in [3.8, 4) is 0 Å². The summed E-state index contributed by atoms with van der Waals surface area (Å²) in [7, 11) is 0. The lowest BCUT2D eigenvalue weighted by Crippen LogP contribution is -2.52. The fourth-order valence-corrected chi connectivity index (χ4v) is 4.97. The fourth-order valence-electron chi connectivity index (χ4n) is 4.60. The second kappa shape index (κ2) is 7.41. The summed E-state index contributed by atoms with van der Waals surface area (Å²) < 4.78 is 2.81. The topological polar surface area (TPSA) is 50.2 Å². The molecule has 1 aromatic carbocycles. The predicted molar refractivity (Wildman–Crippen MR) is 109 cm³/mol. The van der Waals surface area contributed by atoms with Crippen molar-refractivity contribution >= 4 is 26.8 Å². The Bertz CT molecular complexity index is 853. The Morgan fingerprint density at radius 2 is 2.00 bits per heavy atom. The van der Waals surface area contributed by atoms with Crippen LogP contribution in [0.2, 0.25) is 0 Å². The van der Waals surface area contributed by atoms with E-state index >= 15 is 0 Å². The van der Waals surface area contributed by atoms with Crippen molar-refractivity contribution < 1.29 is 0 Å². The molecular weight excluding hydrogens is 392 g/mol. The first-order chi connectivity index (χ1) is 12.6. The van der Waals surface area contributed by atoms with Gasteiger partial charge in [0.1, 0.15) is 5.82 Å². The summed E-state index contributed by atoms with van der Waals surface area (Å²) in [4.78, 5) is 20.7. The first kappa shape index (κ1) is 18.1. The van der Waals surface area contributed by atoms with Gasteiger partial charge in [0.05, 0.1) is 16.9 Å². The maximum atomic E-state index is 13.1. The zero-order valence-corrected chi connectivity index (χ0v) is 17.1. The highest BCUT2D eigenvalue weighted by Crippen LogP contribution is 2.31. The lowest BCUT2D eigenvalue weighted by atomic mass is 10.1. The van der Waals surface area contributed by atoms with E-state index < -0.39 is 0 Å². The van der Waals surface area contributed by atoms with Crippen molar-refractivity contribution in [2.24, 2.45) is 0 Å². The van der Waals surface area contributed by atoms with E-state index in [0.717, 1.165) is 41.7 Å². The summed E-state index contributed by atoms with van der Waals surface area (Å²) in [6.45, 7) is 7.03. The van der Waals surface area contributed by atoms with Crippen LogP contribution in [-0.2, 0) is 6.54 Å². The van der Waals surface area contributed by atoms with Gasteiger partial charge in [-0.15, -0.1) is 0 Å². The van der Waals surface area contributed by atoms with Crippen molar-refractivity contribution in [1.29, 1.82) is 0 Å². The van der Waals surface area contributed by atoms with E-state index in [1.54, 1.807) is 0 Å². The molecule has 6 heteroatoms. The third-order valence-corrected chi connectivity index (χ3v) is 6.30. The molecular formula is C20H27BrN4O. The minimum atomic E-state index is 0.0769. The first-order valence-corrected chi connectivity index (χ1v) is 10.6. The zero-order chi connectivity index (χ0) is 18.3. The molecule has 2 aliphatic rings. The number of halogens is 1. The van der Waals surface area contributed by atoms with E-state index in [1.807, 2.05) is 29.7 Å². The first-order valence-electron chi connectivity index (χ1n) is 9.80. The molecule has 4 rings (SSSR count). The zero-order valence-electron chi connectivity index (χ0n) is 15.5. The van der Waals surface area contributed by atoms with E-state index in [0.29, 0.717) is 24.0 Å². The van der Waals surface area contributed by atoms with Gasteiger partial charge in [0.25, 0.3) is 5.56 Å². The Labute approximate surface area is 162 Å². The van der Waals surface area contributed by atoms with Gasteiger partial charge in [-0.05, 0) is 44.4 Å². The predicted octanol–water partition coefficient (Wildman–Crippen LogP) is 3.46. The number of rotatable bonds is 5. The lowest BCUT2D eigenvalue weighted by Gasteiger charge is -2.38. The molecule has 2 bridgehead atoms. The smallest absolute Gasteiger partial charge is 0.261 e. The summed E-state index contributed by atoms with van der Waals surface area (Å²) in [5, 5.41) is 4.40. The van der Waals surface area contributed by atoms with Gasteiger partial charge in [-0.2, -0.15) is 0 Å². The molecule has 0 spiro atoms. The third-order valence-electron chi connectivity index (χ3n) is 5.81. The number of aromatic nitrogens is 2. The largest absolute Gasteiger partial charge is 0.309 e. The van der Waals surface area contributed by atoms with Crippen LogP contribution in [0, 0.1) is 0 Å². The van der Waals surface area contributed by atoms with Crippen LogP contribution in [0.1, 0.15) is 51.4 Å². The van der Waals surface area contributed by atoms with Gasteiger partial charge < -0.3 is 5.32 Å². The monoisotopic (exact) mass is 418 g/mol. The Morgan fingerprint density at radius 1 is 1.27 bits per heavy atom. The summed E-state index contributed by atoms with van der Waals surface area (Å²) in [6, 6.07) is 7.20. The van der Waals surface area contributed by atoms with Gasteiger partial charge in [0, 0.05) is 36.2 Å². The molecule has 2 aliphatic heterocycles. The molecule has 0 amide bonds. The second-order valence-corrected chi connectivity index (χ2v) is 8.49. The van der Waals surface area contributed by atoms with Crippen LogP contribution in [0.3, 0.4) is 0 Å². The van der Waals surface area contributed by atoms with E-state index in [9.17, 15) is 4.79 Å². The summed E-state index contributed by atoms with van der Waals surface area (Å²) in [5.74, 6) is 0.940. The number of fused-ring (bicyclic) bond motifs is 3. The average Bonchev–Trinajstić information content (AvgIpc) is 2.98. The number of hydrogen-bond acceptors (Lipinski definition) is 4. The molecule has 140 valence electrons. The number of nitrogens with one attached hydrogen (secondary N) is 1. The Balaban J connectivity index is 1.81. The summed E-state index contributed by atoms with van der Waals surface area (Å²) in [5.41, 5.74) is 0.880. The minimum Gasteiger partial charge on any atom is -0.309 e. The molecule has 3 atom stereocenters. The molecule has 1 N–H and O–H groups in total. The van der Waals surface area contributed by atoms with E-state index in [2.05, 4.69) is 33.1 Å².